The van der Waals surface area contributed by atoms with E-state index in [1.807, 2.05) is 23.5 Å². The molecule has 0 aromatic heterocycles. The van der Waals surface area contributed by atoms with Crippen LogP contribution in [0.25, 0.3) is 22.3 Å². The zero-order valence-electron chi connectivity index (χ0n) is 32.2. The Hall–Kier alpha value is -5.43. The fraction of sp³-hybridized carbons (Fsp3) is 0.125. The molecule has 6 aliphatic heterocycles. The average molecular weight is 755 g/mol. The van der Waals surface area contributed by atoms with E-state index in [0.29, 0.717) is 0 Å². The van der Waals surface area contributed by atoms with Crippen LogP contribution in [0.2, 0.25) is 0 Å². The molecule has 0 bridgehead atoms. The van der Waals surface area contributed by atoms with Gasteiger partial charge in [0.2, 0.25) is 0 Å². The molecule has 8 heteroatoms. The molecule has 0 fully saturated rings. The molecule has 6 heterocycles. The molecule has 0 spiro atoms. The van der Waals surface area contributed by atoms with Crippen LogP contribution in [0, 0.1) is 41.5 Å². The third-order valence-corrected chi connectivity index (χ3v) is 15.9. The molecule has 0 aliphatic carbocycles. The van der Waals surface area contributed by atoms with Gasteiger partial charge in [0.15, 0.2) is 0 Å². The average Bonchev–Trinajstić information content (AvgIpc) is 3.73. The maximum absolute atomic E-state index is 2.67. The van der Waals surface area contributed by atoms with Crippen LogP contribution in [0.3, 0.4) is 0 Å². The molecule has 56 heavy (non-hydrogen) atoms. The lowest BCUT2D eigenvalue weighted by Gasteiger charge is -2.41. The molecule has 0 radical (unpaired) electrons. The Labute approximate surface area is 337 Å². The van der Waals surface area contributed by atoms with E-state index in [2.05, 4.69) is 170 Å². The molecule has 13 rings (SSSR count). The topological polar surface area (TPSA) is 13.0 Å². The summed E-state index contributed by atoms with van der Waals surface area (Å²) in [4.78, 5) is 16.1. The predicted molar refractivity (Wildman–Crippen MR) is 239 cm³/mol. The van der Waals surface area contributed by atoms with Gasteiger partial charge in [-0.25, -0.2) is 0 Å². The lowest BCUT2D eigenvalue weighted by atomic mass is 9.53. The summed E-state index contributed by atoms with van der Waals surface area (Å²) < 4.78 is 0. The quantitative estimate of drug-likeness (QED) is 0.142. The van der Waals surface area contributed by atoms with E-state index >= 15 is 0 Å². The van der Waals surface area contributed by atoms with Gasteiger partial charge in [-0.3, -0.25) is 0 Å². The second kappa shape index (κ2) is 10.7. The Kier molecular flexibility index (Phi) is 6.06. The predicted octanol–water partition coefficient (Wildman–Crippen LogP) is 11.8. The van der Waals surface area contributed by atoms with Gasteiger partial charge >= 0.3 is 14.0 Å². The first-order valence-electron chi connectivity index (χ1n) is 19.7. The lowest BCUT2D eigenvalue weighted by molar-refractivity contribution is 1.17. The zero-order valence-corrected chi connectivity index (χ0v) is 33.8. The van der Waals surface area contributed by atoms with Gasteiger partial charge in [-0.15, -0.1) is 0 Å². The van der Waals surface area contributed by atoms with Crippen LogP contribution in [0.4, 0.5) is 45.5 Å². The maximum Gasteiger partial charge on any atom is 0.421 e. The number of aryl methyl sites for hydroxylation is 4. The fourth-order valence-corrected chi connectivity index (χ4v) is 13.0. The number of benzene rings is 7. The normalized spacial score (nSPS) is 15.3. The van der Waals surface area contributed by atoms with Crippen molar-refractivity contribution in [2.45, 2.75) is 61.1 Å². The van der Waals surface area contributed by atoms with Crippen molar-refractivity contribution in [2.24, 2.45) is 0 Å². The summed E-state index contributed by atoms with van der Waals surface area (Å²) in [6.07, 6.45) is 0. The summed E-state index contributed by atoms with van der Waals surface area (Å²) in [5.41, 5.74) is 26.4. The molecule has 4 nitrogen and oxygen atoms in total. The van der Waals surface area contributed by atoms with Crippen LogP contribution in [0.5, 0.6) is 0 Å². The Morgan fingerprint density at radius 3 is 1.27 bits per heavy atom. The Balaban J connectivity index is 1.14. The summed E-state index contributed by atoms with van der Waals surface area (Å²) in [7, 11) is 0. The third-order valence-electron chi connectivity index (χ3n) is 13.3. The van der Waals surface area contributed by atoms with Gasteiger partial charge in [-0.05, 0) is 147 Å². The first-order chi connectivity index (χ1) is 27.3. The number of anilines is 8. The summed E-state index contributed by atoms with van der Waals surface area (Å²) in [6.45, 7) is 13.6. The van der Waals surface area contributed by atoms with Gasteiger partial charge < -0.3 is 19.2 Å². The van der Waals surface area contributed by atoms with E-state index in [4.69, 9.17) is 0 Å². The number of hydrogen-bond acceptors (Lipinski definition) is 6. The van der Waals surface area contributed by atoms with Crippen LogP contribution in [0.1, 0.15) is 33.4 Å². The van der Waals surface area contributed by atoms with Gasteiger partial charge in [0.05, 0.1) is 22.7 Å². The van der Waals surface area contributed by atoms with Crippen molar-refractivity contribution in [3.8, 4) is 22.3 Å². The summed E-state index contributed by atoms with van der Waals surface area (Å²) >= 11 is 3.87. The van der Waals surface area contributed by atoms with Gasteiger partial charge in [-0.1, -0.05) is 83.2 Å². The van der Waals surface area contributed by atoms with Crippen LogP contribution < -0.4 is 30.2 Å². The van der Waals surface area contributed by atoms with Gasteiger partial charge in [0.1, 0.15) is 0 Å². The smallest absolute Gasteiger partial charge is 0.359 e. The zero-order chi connectivity index (χ0) is 37.5. The molecule has 0 atom stereocenters. The Morgan fingerprint density at radius 2 is 0.821 bits per heavy atom. The standard InChI is InChI=1S/C48H36B2N4S2/c1-25-15-17-37-33(19-25)31-23-36-32(24-35(31)49-51(37)41-21-27(3)29(5)47-45(41)53(49)39-11-7-9-13-43(39)55-47)34-20-26(2)16-18-38(34)52-42-22-28(4)30(6)48-46(42)54(50(36)52)40-12-8-10-14-44(40)56-48/h7-24H,1-6H3. The minimum absolute atomic E-state index is 0.0291. The highest BCUT2D eigenvalue weighted by atomic mass is 32.2. The van der Waals surface area contributed by atoms with Crippen molar-refractivity contribution < 1.29 is 0 Å². The van der Waals surface area contributed by atoms with Crippen molar-refractivity contribution >= 4 is 93.9 Å². The highest BCUT2D eigenvalue weighted by molar-refractivity contribution is 8.00. The maximum atomic E-state index is 2.67. The third kappa shape index (κ3) is 3.78. The van der Waals surface area contributed by atoms with Crippen LogP contribution in [-0.2, 0) is 0 Å². The Bertz CT molecular complexity index is 2810. The summed E-state index contributed by atoms with van der Waals surface area (Å²) in [6, 6.07) is 42.4. The van der Waals surface area contributed by atoms with Crippen molar-refractivity contribution in [1.29, 1.82) is 0 Å². The molecule has 0 saturated heterocycles. The van der Waals surface area contributed by atoms with E-state index in [1.54, 1.807) is 0 Å². The van der Waals surface area contributed by atoms with E-state index in [1.165, 1.54) is 132 Å². The van der Waals surface area contributed by atoms with E-state index in [0.717, 1.165) is 0 Å². The van der Waals surface area contributed by atoms with Crippen LogP contribution in [-0.4, -0.2) is 14.0 Å². The largest absolute Gasteiger partial charge is 0.421 e. The number of rotatable bonds is 0. The summed E-state index contributed by atoms with van der Waals surface area (Å²) in [5.74, 6) is 0. The number of para-hydroxylation sites is 2. The van der Waals surface area contributed by atoms with Crippen molar-refractivity contribution in [3.05, 3.63) is 143 Å². The molecule has 266 valence electrons. The van der Waals surface area contributed by atoms with E-state index in [9.17, 15) is 0 Å². The molecule has 0 amide bonds. The minimum atomic E-state index is -0.0291. The lowest BCUT2D eigenvalue weighted by Crippen LogP contribution is -2.59. The molecular weight excluding hydrogens is 718 g/mol. The number of fused-ring (bicyclic) bond motifs is 20. The van der Waals surface area contributed by atoms with Gasteiger partial charge in [-0.2, -0.15) is 0 Å². The van der Waals surface area contributed by atoms with E-state index in [-0.39, 0.29) is 14.0 Å². The van der Waals surface area contributed by atoms with Crippen molar-refractivity contribution in [1.82, 2.24) is 0 Å². The van der Waals surface area contributed by atoms with Crippen LogP contribution >= 0.6 is 23.5 Å². The highest BCUT2D eigenvalue weighted by Crippen LogP contribution is 2.63. The van der Waals surface area contributed by atoms with E-state index < -0.39 is 0 Å². The second-order valence-electron chi connectivity index (χ2n) is 16.5. The first kappa shape index (κ1) is 31.7. The van der Waals surface area contributed by atoms with Gasteiger partial charge in [0, 0.05) is 53.5 Å². The SMILES string of the molecule is Cc1ccc2c(c1)-c1cc3c(cc1B1N2c2cc(C)c(C)c4c2N1c1ccccc1S4)-c1cc(C)ccc1N1B3N2c3ccccc3Sc3c(C)c(C)cc1c32. The Morgan fingerprint density at radius 1 is 0.393 bits per heavy atom. The minimum Gasteiger partial charge on any atom is -0.359 e. The highest BCUT2D eigenvalue weighted by Gasteiger charge is 2.55. The molecule has 0 N–H and O–H groups in total. The van der Waals surface area contributed by atoms with Crippen molar-refractivity contribution in [3.63, 3.8) is 0 Å². The fourth-order valence-electron chi connectivity index (χ4n) is 10.5. The molecule has 7 aromatic carbocycles. The molecule has 7 aromatic rings. The molecule has 0 saturated carbocycles. The number of hydrogen-bond donors (Lipinski definition) is 0. The van der Waals surface area contributed by atoms with Crippen molar-refractivity contribution in [2.75, 3.05) is 19.2 Å². The van der Waals surface area contributed by atoms with Gasteiger partial charge in [0.25, 0.3) is 0 Å². The van der Waals surface area contributed by atoms with Crippen LogP contribution in [0.15, 0.2) is 129 Å². The molecule has 0 unspecified atom stereocenters. The first-order valence-corrected chi connectivity index (χ1v) is 21.3. The summed E-state index contributed by atoms with van der Waals surface area (Å²) in [5, 5.41) is 0. The number of nitrogens with zero attached hydrogens (tertiary/aromatic N) is 4. The monoisotopic (exact) mass is 754 g/mol. The molecule has 6 aliphatic rings. The molecular formula is C48H36B2N4S2. The second-order valence-corrected chi connectivity index (χ2v) is 18.6.